The van der Waals surface area contributed by atoms with Gasteiger partial charge in [-0.05, 0) is 36.0 Å². The van der Waals surface area contributed by atoms with Gasteiger partial charge in [-0.3, -0.25) is 14.7 Å². The molecule has 0 saturated carbocycles. The van der Waals surface area contributed by atoms with Crippen molar-refractivity contribution < 1.29 is 4.79 Å². The van der Waals surface area contributed by atoms with Gasteiger partial charge in [-0.15, -0.1) is 0 Å². The summed E-state index contributed by atoms with van der Waals surface area (Å²) in [6.07, 6.45) is 3.55. The maximum Gasteiger partial charge on any atom is 0.240 e. The number of carbonyl (C=O) groups is 1. The molecule has 0 bridgehead atoms. The normalized spacial score (nSPS) is 21.9. The first-order valence-corrected chi connectivity index (χ1v) is 10.2. The van der Waals surface area contributed by atoms with Crippen molar-refractivity contribution in [3.63, 3.8) is 0 Å². The lowest BCUT2D eigenvalue weighted by molar-refractivity contribution is -0.129. The molecule has 2 saturated heterocycles. The highest BCUT2D eigenvalue weighted by molar-refractivity contribution is 5.86. The second kappa shape index (κ2) is 7.64. The highest BCUT2D eigenvalue weighted by atomic mass is 16.2. The van der Waals surface area contributed by atoms with Crippen molar-refractivity contribution >= 4 is 5.91 Å². The summed E-state index contributed by atoms with van der Waals surface area (Å²) in [6, 6.07) is 14.6. The number of rotatable bonds is 3. The third-order valence-corrected chi connectivity index (χ3v) is 6.10. The fourth-order valence-electron chi connectivity index (χ4n) is 4.11. The van der Waals surface area contributed by atoms with E-state index in [-0.39, 0.29) is 11.3 Å². The minimum Gasteiger partial charge on any atom is -0.354 e. The van der Waals surface area contributed by atoms with Gasteiger partial charge in [-0.2, -0.15) is 0 Å². The Bertz CT molecular complexity index is 808. The fraction of sp³-hybridized carbons (Fsp3) is 0.478. The molecule has 2 aliphatic rings. The first kappa shape index (κ1) is 19.1. The van der Waals surface area contributed by atoms with Crippen LogP contribution in [0.1, 0.15) is 32.3 Å². The van der Waals surface area contributed by atoms with Crippen LogP contribution in [0.4, 0.5) is 0 Å². The van der Waals surface area contributed by atoms with Crippen LogP contribution in [-0.4, -0.2) is 47.5 Å². The van der Waals surface area contributed by atoms with Gasteiger partial charge < -0.3 is 10.6 Å². The number of pyridine rings is 1. The number of nitrogens with zero attached hydrogens (tertiary/aromatic N) is 2. The molecule has 1 aromatic carbocycles. The molecule has 0 radical (unpaired) electrons. The Balaban J connectivity index is 1.36. The first-order valence-electron chi connectivity index (χ1n) is 10.2. The SMILES string of the molecule is CC1(C)CNC(=O)C2(CCN(Cc3ccc(-c4ccccn4)cc3)CC2)NC1. The van der Waals surface area contributed by atoms with Gasteiger partial charge in [-0.25, -0.2) is 0 Å². The molecule has 1 amide bonds. The van der Waals surface area contributed by atoms with Gasteiger partial charge in [0.25, 0.3) is 0 Å². The van der Waals surface area contributed by atoms with E-state index in [2.05, 4.69) is 58.6 Å². The number of amides is 1. The molecule has 148 valence electrons. The van der Waals surface area contributed by atoms with Crippen molar-refractivity contribution in [1.82, 2.24) is 20.5 Å². The average Bonchev–Trinajstić information content (AvgIpc) is 2.83. The van der Waals surface area contributed by atoms with Crippen LogP contribution < -0.4 is 10.6 Å². The number of benzene rings is 1. The Kier molecular flexibility index (Phi) is 5.21. The number of hydrogen-bond acceptors (Lipinski definition) is 4. The lowest BCUT2D eigenvalue weighted by Gasteiger charge is -2.40. The van der Waals surface area contributed by atoms with E-state index in [1.807, 2.05) is 24.4 Å². The molecule has 0 atom stereocenters. The lowest BCUT2D eigenvalue weighted by Crippen LogP contribution is -2.60. The summed E-state index contributed by atoms with van der Waals surface area (Å²) in [7, 11) is 0. The number of nitrogens with one attached hydrogen (secondary N) is 2. The third kappa shape index (κ3) is 4.10. The van der Waals surface area contributed by atoms with E-state index in [1.54, 1.807) is 0 Å². The summed E-state index contributed by atoms with van der Waals surface area (Å²) in [5.74, 6) is 0.178. The zero-order valence-corrected chi connectivity index (χ0v) is 16.9. The second-order valence-corrected chi connectivity index (χ2v) is 8.97. The van der Waals surface area contributed by atoms with Crippen molar-refractivity contribution in [3.05, 3.63) is 54.2 Å². The van der Waals surface area contributed by atoms with Crippen LogP contribution in [0, 0.1) is 5.41 Å². The smallest absolute Gasteiger partial charge is 0.240 e. The topological polar surface area (TPSA) is 57.3 Å². The van der Waals surface area contributed by atoms with Crippen molar-refractivity contribution in [2.75, 3.05) is 26.2 Å². The first-order chi connectivity index (χ1) is 13.5. The number of piperidine rings is 1. The monoisotopic (exact) mass is 378 g/mol. The van der Waals surface area contributed by atoms with Crippen molar-refractivity contribution in [2.45, 2.75) is 38.8 Å². The van der Waals surface area contributed by atoms with Crippen LogP contribution in [0.3, 0.4) is 0 Å². The Morgan fingerprint density at radius 2 is 1.79 bits per heavy atom. The van der Waals surface area contributed by atoms with Crippen LogP contribution in [0.15, 0.2) is 48.7 Å². The maximum absolute atomic E-state index is 12.7. The van der Waals surface area contributed by atoms with E-state index in [1.165, 1.54) is 5.56 Å². The third-order valence-electron chi connectivity index (χ3n) is 6.10. The summed E-state index contributed by atoms with van der Waals surface area (Å²) in [4.78, 5) is 19.6. The van der Waals surface area contributed by atoms with Gasteiger partial charge in [0, 0.05) is 44.5 Å². The minimum absolute atomic E-state index is 0.103. The van der Waals surface area contributed by atoms with Gasteiger partial charge in [0.2, 0.25) is 5.91 Å². The Morgan fingerprint density at radius 3 is 2.46 bits per heavy atom. The highest BCUT2D eigenvalue weighted by Crippen LogP contribution is 2.28. The summed E-state index contributed by atoms with van der Waals surface area (Å²) in [6.45, 7) is 8.80. The van der Waals surface area contributed by atoms with E-state index < -0.39 is 5.54 Å². The molecule has 1 aromatic heterocycles. The van der Waals surface area contributed by atoms with E-state index in [0.717, 1.165) is 56.8 Å². The van der Waals surface area contributed by atoms with Crippen LogP contribution in [-0.2, 0) is 11.3 Å². The zero-order valence-electron chi connectivity index (χ0n) is 16.9. The van der Waals surface area contributed by atoms with E-state index in [4.69, 9.17) is 0 Å². The number of aromatic nitrogens is 1. The zero-order chi connectivity index (χ0) is 19.6. The molecule has 2 aromatic rings. The van der Waals surface area contributed by atoms with Crippen molar-refractivity contribution in [2.24, 2.45) is 5.41 Å². The molecule has 4 rings (SSSR count). The molecule has 2 N–H and O–H groups in total. The molecule has 0 aliphatic carbocycles. The van der Waals surface area contributed by atoms with Gasteiger partial charge in [0.1, 0.15) is 5.54 Å². The summed E-state index contributed by atoms with van der Waals surface area (Å²) in [5.41, 5.74) is 3.15. The van der Waals surface area contributed by atoms with Crippen molar-refractivity contribution in [1.29, 1.82) is 0 Å². The Labute approximate surface area is 167 Å². The summed E-state index contributed by atoms with van der Waals surface area (Å²) < 4.78 is 0. The molecule has 3 heterocycles. The predicted molar refractivity (Wildman–Crippen MR) is 112 cm³/mol. The van der Waals surface area contributed by atoms with Gasteiger partial charge >= 0.3 is 0 Å². The molecule has 0 unspecified atom stereocenters. The van der Waals surface area contributed by atoms with Crippen LogP contribution in [0.5, 0.6) is 0 Å². The molecule has 5 nitrogen and oxygen atoms in total. The van der Waals surface area contributed by atoms with Crippen LogP contribution >= 0.6 is 0 Å². The highest BCUT2D eigenvalue weighted by Gasteiger charge is 2.44. The molecule has 1 spiro atoms. The summed E-state index contributed by atoms with van der Waals surface area (Å²) in [5, 5.41) is 6.76. The molecular weight excluding hydrogens is 348 g/mol. The molecule has 2 fully saturated rings. The van der Waals surface area contributed by atoms with Crippen LogP contribution in [0.25, 0.3) is 11.3 Å². The number of carbonyl (C=O) groups excluding carboxylic acids is 1. The average molecular weight is 379 g/mol. The van der Waals surface area contributed by atoms with Gasteiger partial charge in [-0.1, -0.05) is 44.2 Å². The van der Waals surface area contributed by atoms with Gasteiger partial charge in [0.15, 0.2) is 0 Å². The van der Waals surface area contributed by atoms with E-state index >= 15 is 0 Å². The predicted octanol–water partition coefficient (Wildman–Crippen LogP) is 2.83. The van der Waals surface area contributed by atoms with Crippen molar-refractivity contribution in [3.8, 4) is 11.3 Å². The number of hydrogen-bond donors (Lipinski definition) is 2. The molecule has 2 aliphatic heterocycles. The maximum atomic E-state index is 12.7. The van der Waals surface area contributed by atoms with E-state index in [9.17, 15) is 4.79 Å². The lowest BCUT2D eigenvalue weighted by atomic mass is 9.86. The standard InChI is InChI=1S/C23H30N4O/c1-22(2)16-25-21(28)23(26-17-22)10-13-27(14-11-23)15-18-6-8-19(9-7-18)20-5-3-4-12-24-20/h3-9,12,26H,10-11,13-17H2,1-2H3,(H,25,28). The Morgan fingerprint density at radius 1 is 1.04 bits per heavy atom. The quantitative estimate of drug-likeness (QED) is 0.862. The fourth-order valence-corrected chi connectivity index (χ4v) is 4.11. The molecule has 5 heteroatoms. The molecular formula is C23H30N4O. The Hall–Kier alpha value is -2.24. The largest absolute Gasteiger partial charge is 0.354 e. The minimum atomic E-state index is -0.396. The van der Waals surface area contributed by atoms with Gasteiger partial charge in [0.05, 0.1) is 5.69 Å². The van der Waals surface area contributed by atoms with E-state index in [0.29, 0.717) is 0 Å². The summed E-state index contributed by atoms with van der Waals surface area (Å²) >= 11 is 0. The second-order valence-electron chi connectivity index (χ2n) is 8.97. The molecule has 28 heavy (non-hydrogen) atoms. The van der Waals surface area contributed by atoms with Crippen LogP contribution in [0.2, 0.25) is 0 Å². The number of likely N-dealkylation sites (tertiary alicyclic amines) is 1.